The van der Waals surface area contributed by atoms with E-state index >= 15 is 0 Å². The van der Waals surface area contributed by atoms with Gasteiger partial charge in [0.25, 0.3) is 0 Å². The van der Waals surface area contributed by atoms with Crippen molar-refractivity contribution in [3.05, 3.63) is 60.4 Å². The van der Waals surface area contributed by atoms with Crippen molar-refractivity contribution in [3.63, 3.8) is 0 Å². The minimum absolute atomic E-state index is 0.240. The number of aromatic nitrogens is 3. The molecule has 0 spiro atoms. The van der Waals surface area contributed by atoms with Crippen LogP contribution in [0.3, 0.4) is 0 Å². The second-order valence-corrected chi connectivity index (χ2v) is 5.56. The largest absolute Gasteiger partial charge is 0.508 e. The maximum Gasteiger partial charge on any atom is 0.127 e. The molecule has 1 N–H and O–H groups in total. The molecule has 102 valence electrons. The maximum absolute atomic E-state index is 9.72. The molecule has 1 aromatic carbocycles. The van der Waals surface area contributed by atoms with Crippen LogP contribution in [0.15, 0.2) is 60.4 Å². The second-order valence-electron chi connectivity index (χ2n) is 4.66. The number of aromatic hydroxyl groups is 1. The number of nitrogens with zero attached hydrogens (tertiary/aromatic N) is 3. The summed E-state index contributed by atoms with van der Waals surface area (Å²) in [5.74, 6) is 0.240. The fourth-order valence-corrected chi connectivity index (χ4v) is 3.27. The molecule has 0 saturated carbocycles. The Morgan fingerprint density at radius 1 is 1.05 bits per heavy atom. The van der Waals surface area contributed by atoms with Crippen molar-refractivity contribution in [1.29, 1.82) is 0 Å². The number of hydrogen-bond acceptors (Lipinski definition) is 4. The molecule has 4 aromatic rings. The zero-order valence-corrected chi connectivity index (χ0v) is 11.8. The number of fused-ring (bicyclic) bond motifs is 1. The molecule has 0 fully saturated rings. The van der Waals surface area contributed by atoms with Crippen molar-refractivity contribution in [2.75, 3.05) is 0 Å². The minimum atomic E-state index is 0.240. The Bertz CT molecular complexity index is 912. The van der Waals surface area contributed by atoms with E-state index in [0.717, 1.165) is 27.2 Å². The summed E-state index contributed by atoms with van der Waals surface area (Å²) in [5, 5.41) is 16.4. The lowest BCUT2D eigenvalue weighted by Crippen LogP contribution is -1.84. The molecule has 4 nitrogen and oxygen atoms in total. The van der Waals surface area contributed by atoms with Gasteiger partial charge >= 0.3 is 0 Å². The molecule has 0 saturated heterocycles. The molecule has 0 atom stereocenters. The van der Waals surface area contributed by atoms with E-state index in [2.05, 4.69) is 10.1 Å². The summed E-state index contributed by atoms with van der Waals surface area (Å²) in [6.07, 6.45) is 5.49. The smallest absolute Gasteiger partial charge is 0.127 e. The first-order valence-electron chi connectivity index (χ1n) is 6.48. The summed E-state index contributed by atoms with van der Waals surface area (Å²) >= 11 is 1.65. The van der Waals surface area contributed by atoms with Gasteiger partial charge in [-0.2, -0.15) is 5.10 Å². The van der Waals surface area contributed by atoms with Gasteiger partial charge in [0.2, 0.25) is 0 Å². The highest BCUT2D eigenvalue weighted by molar-refractivity contribution is 7.16. The van der Waals surface area contributed by atoms with Crippen LogP contribution in [0.25, 0.3) is 27.2 Å². The average molecular weight is 293 g/mol. The second kappa shape index (κ2) is 4.71. The molecular weight excluding hydrogens is 282 g/mol. The van der Waals surface area contributed by atoms with E-state index in [1.165, 1.54) is 0 Å². The van der Waals surface area contributed by atoms with Crippen LogP contribution in [0.5, 0.6) is 5.75 Å². The summed E-state index contributed by atoms with van der Waals surface area (Å²) in [5.41, 5.74) is 3.90. The van der Waals surface area contributed by atoms with Gasteiger partial charge in [0.15, 0.2) is 0 Å². The SMILES string of the molecule is Oc1cccc(-c2nn3ccsc3c2-c2ccncc2)c1. The number of benzene rings is 1. The highest BCUT2D eigenvalue weighted by Gasteiger charge is 2.17. The third-order valence-corrected chi connectivity index (χ3v) is 4.21. The fourth-order valence-electron chi connectivity index (χ4n) is 2.42. The molecule has 5 heteroatoms. The van der Waals surface area contributed by atoms with Crippen molar-refractivity contribution < 1.29 is 5.11 Å². The Balaban J connectivity index is 2.03. The van der Waals surface area contributed by atoms with E-state index in [9.17, 15) is 5.11 Å². The Morgan fingerprint density at radius 2 is 1.90 bits per heavy atom. The molecule has 0 aliphatic rings. The van der Waals surface area contributed by atoms with Crippen LogP contribution < -0.4 is 0 Å². The number of phenolic OH excluding ortho intramolecular Hbond substituents is 1. The monoisotopic (exact) mass is 293 g/mol. The van der Waals surface area contributed by atoms with Crippen molar-refractivity contribution in [3.8, 4) is 28.1 Å². The number of hydrogen-bond donors (Lipinski definition) is 1. The first kappa shape index (κ1) is 12.1. The van der Waals surface area contributed by atoms with Crippen LogP contribution in [0.2, 0.25) is 0 Å². The van der Waals surface area contributed by atoms with Crippen LogP contribution in [0.4, 0.5) is 0 Å². The number of pyridine rings is 1. The maximum atomic E-state index is 9.72. The molecule has 0 radical (unpaired) electrons. The number of phenols is 1. The van der Waals surface area contributed by atoms with Crippen LogP contribution in [-0.2, 0) is 0 Å². The molecule has 0 amide bonds. The normalized spacial score (nSPS) is 11.0. The first-order chi connectivity index (χ1) is 10.3. The van der Waals surface area contributed by atoms with Crippen LogP contribution in [-0.4, -0.2) is 19.7 Å². The standard InChI is InChI=1S/C16H11N3OS/c20-13-3-1-2-12(10-13)15-14(11-4-6-17-7-5-11)16-19(18-15)8-9-21-16/h1-10,20H. The molecule has 0 aliphatic carbocycles. The van der Waals surface area contributed by atoms with E-state index in [1.807, 2.05) is 40.4 Å². The van der Waals surface area contributed by atoms with Gasteiger partial charge < -0.3 is 5.11 Å². The molecule has 0 bridgehead atoms. The predicted octanol–water partition coefficient (Wildman–Crippen LogP) is 3.83. The highest BCUT2D eigenvalue weighted by atomic mass is 32.1. The zero-order chi connectivity index (χ0) is 14.2. The summed E-state index contributed by atoms with van der Waals surface area (Å²) in [6.45, 7) is 0. The first-order valence-corrected chi connectivity index (χ1v) is 7.36. The van der Waals surface area contributed by atoms with Gasteiger partial charge in [0, 0.05) is 35.1 Å². The van der Waals surface area contributed by atoms with Crippen molar-refractivity contribution >= 4 is 16.2 Å². The lowest BCUT2D eigenvalue weighted by molar-refractivity contribution is 0.475. The molecule has 4 rings (SSSR count). The molecule has 3 heterocycles. The Kier molecular flexibility index (Phi) is 2.72. The third-order valence-electron chi connectivity index (χ3n) is 3.34. The summed E-state index contributed by atoms with van der Waals surface area (Å²) in [7, 11) is 0. The van der Waals surface area contributed by atoms with Crippen LogP contribution >= 0.6 is 11.3 Å². The lowest BCUT2D eigenvalue weighted by Gasteiger charge is -2.03. The third kappa shape index (κ3) is 1.98. The van der Waals surface area contributed by atoms with Crippen molar-refractivity contribution in [2.24, 2.45) is 0 Å². The van der Waals surface area contributed by atoms with E-state index < -0.39 is 0 Å². The van der Waals surface area contributed by atoms with E-state index in [1.54, 1.807) is 35.9 Å². The van der Waals surface area contributed by atoms with Gasteiger partial charge in [-0.15, -0.1) is 11.3 Å². The Morgan fingerprint density at radius 3 is 2.71 bits per heavy atom. The van der Waals surface area contributed by atoms with Gasteiger partial charge in [0.05, 0.1) is 0 Å². The van der Waals surface area contributed by atoms with Gasteiger partial charge in [-0.1, -0.05) is 12.1 Å². The highest BCUT2D eigenvalue weighted by Crippen LogP contribution is 2.37. The topological polar surface area (TPSA) is 50.4 Å². The lowest BCUT2D eigenvalue weighted by atomic mass is 10.0. The molecule has 3 aromatic heterocycles. The van der Waals surface area contributed by atoms with E-state index in [-0.39, 0.29) is 5.75 Å². The molecule has 0 unspecified atom stereocenters. The van der Waals surface area contributed by atoms with Crippen LogP contribution in [0, 0.1) is 0 Å². The quantitative estimate of drug-likeness (QED) is 0.611. The molecule has 0 aliphatic heterocycles. The van der Waals surface area contributed by atoms with Gasteiger partial charge in [-0.05, 0) is 29.8 Å². The van der Waals surface area contributed by atoms with E-state index in [0.29, 0.717) is 0 Å². The Hall–Kier alpha value is -2.66. The van der Waals surface area contributed by atoms with Gasteiger partial charge in [-0.3, -0.25) is 4.98 Å². The predicted molar refractivity (Wildman–Crippen MR) is 83.4 cm³/mol. The van der Waals surface area contributed by atoms with Crippen molar-refractivity contribution in [1.82, 2.24) is 14.6 Å². The minimum Gasteiger partial charge on any atom is -0.508 e. The summed E-state index contributed by atoms with van der Waals surface area (Å²) in [6, 6.07) is 11.1. The zero-order valence-electron chi connectivity index (χ0n) is 11.0. The van der Waals surface area contributed by atoms with Crippen LogP contribution in [0.1, 0.15) is 0 Å². The van der Waals surface area contributed by atoms with Crippen molar-refractivity contribution in [2.45, 2.75) is 0 Å². The fraction of sp³-hybridized carbons (Fsp3) is 0. The molecule has 21 heavy (non-hydrogen) atoms. The average Bonchev–Trinajstić information content (AvgIpc) is 3.08. The summed E-state index contributed by atoms with van der Waals surface area (Å²) < 4.78 is 1.87. The summed E-state index contributed by atoms with van der Waals surface area (Å²) in [4.78, 5) is 5.16. The van der Waals surface area contributed by atoms with E-state index in [4.69, 9.17) is 0 Å². The van der Waals surface area contributed by atoms with Gasteiger partial charge in [-0.25, -0.2) is 4.52 Å². The molecular formula is C16H11N3OS. The number of rotatable bonds is 2. The van der Waals surface area contributed by atoms with Gasteiger partial charge in [0.1, 0.15) is 16.3 Å². The Labute approximate surface area is 125 Å². The number of thiazole rings is 1.